The summed E-state index contributed by atoms with van der Waals surface area (Å²) in [5, 5.41) is 0. The summed E-state index contributed by atoms with van der Waals surface area (Å²) >= 11 is 3.53. The summed E-state index contributed by atoms with van der Waals surface area (Å²) in [5.41, 5.74) is 0. The average molecular weight is 148 g/mol. The topological polar surface area (TPSA) is 17.1 Å². The molecular weight excluding hydrogens is 140 g/mol. The lowest BCUT2D eigenvalue weighted by molar-refractivity contribution is -0.115. The van der Waals surface area contributed by atoms with Crippen LogP contribution in [0.5, 0.6) is 0 Å². The van der Waals surface area contributed by atoms with Crippen LogP contribution in [-0.4, -0.2) is 21.9 Å². The summed E-state index contributed by atoms with van der Waals surface area (Å²) in [7, 11) is 0. The molecule has 0 aromatic heterocycles. The Labute approximate surface area is 57.6 Å². The lowest BCUT2D eigenvalue weighted by atomic mass is 10.5. The van der Waals surface area contributed by atoms with Gasteiger partial charge in [-0.25, -0.2) is 0 Å². The molecular formula is C5H8OS2. The van der Waals surface area contributed by atoms with Gasteiger partial charge in [-0.1, -0.05) is 0 Å². The molecule has 1 rings (SSSR count). The van der Waals surface area contributed by atoms with E-state index < -0.39 is 0 Å². The van der Waals surface area contributed by atoms with Gasteiger partial charge in [0.15, 0.2) is 5.78 Å². The van der Waals surface area contributed by atoms with Crippen molar-refractivity contribution in [1.29, 1.82) is 0 Å². The Morgan fingerprint density at radius 2 is 2.00 bits per heavy atom. The van der Waals surface area contributed by atoms with Gasteiger partial charge in [-0.15, -0.1) is 23.5 Å². The molecule has 0 aromatic rings. The first-order valence-corrected chi connectivity index (χ1v) is 4.64. The zero-order chi connectivity index (χ0) is 5.98. The van der Waals surface area contributed by atoms with E-state index in [-0.39, 0.29) is 4.58 Å². The minimum Gasteiger partial charge on any atom is -0.298 e. The predicted molar refractivity (Wildman–Crippen MR) is 39.4 cm³/mol. The quantitative estimate of drug-likeness (QED) is 0.559. The normalized spacial score (nSPS) is 21.6. The highest BCUT2D eigenvalue weighted by Crippen LogP contribution is 2.31. The maximum Gasteiger partial charge on any atom is 0.152 e. The van der Waals surface area contributed by atoms with Crippen molar-refractivity contribution in [2.24, 2.45) is 0 Å². The van der Waals surface area contributed by atoms with Gasteiger partial charge in [0, 0.05) is 11.5 Å². The highest BCUT2D eigenvalue weighted by atomic mass is 32.2. The summed E-state index contributed by atoms with van der Waals surface area (Å²) in [6.45, 7) is 1.66. The summed E-state index contributed by atoms with van der Waals surface area (Å²) in [5.74, 6) is 2.61. The molecule has 0 atom stereocenters. The van der Waals surface area contributed by atoms with E-state index in [2.05, 4.69) is 0 Å². The van der Waals surface area contributed by atoms with Crippen LogP contribution in [0, 0.1) is 0 Å². The van der Waals surface area contributed by atoms with Crippen LogP contribution in [0.1, 0.15) is 6.92 Å². The van der Waals surface area contributed by atoms with E-state index in [0.717, 1.165) is 11.5 Å². The number of rotatable bonds is 1. The standard InChI is InChI=1S/C5H8OS2/c1-4(6)5-7-2-3-8-5/h5H,2-3H2,1H3. The largest absolute Gasteiger partial charge is 0.298 e. The second-order valence-electron chi connectivity index (χ2n) is 1.68. The van der Waals surface area contributed by atoms with Gasteiger partial charge in [0.25, 0.3) is 0 Å². The van der Waals surface area contributed by atoms with Gasteiger partial charge in [0.1, 0.15) is 4.58 Å². The van der Waals surface area contributed by atoms with E-state index in [9.17, 15) is 4.79 Å². The Morgan fingerprint density at radius 1 is 1.50 bits per heavy atom. The molecule has 0 aromatic carbocycles. The third-order valence-corrected chi connectivity index (χ3v) is 4.18. The van der Waals surface area contributed by atoms with E-state index >= 15 is 0 Å². The molecule has 0 unspecified atom stereocenters. The summed E-state index contributed by atoms with van der Waals surface area (Å²) < 4.78 is 0.259. The molecule has 0 bridgehead atoms. The van der Waals surface area contributed by atoms with Crippen molar-refractivity contribution in [3.05, 3.63) is 0 Å². The van der Waals surface area contributed by atoms with E-state index in [0.29, 0.717) is 5.78 Å². The molecule has 0 amide bonds. The molecule has 8 heavy (non-hydrogen) atoms. The molecule has 1 aliphatic heterocycles. The van der Waals surface area contributed by atoms with Crippen molar-refractivity contribution < 1.29 is 4.79 Å². The number of thioether (sulfide) groups is 2. The fraction of sp³-hybridized carbons (Fsp3) is 0.800. The Morgan fingerprint density at radius 3 is 2.25 bits per heavy atom. The predicted octanol–water partition coefficient (Wildman–Crippen LogP) is 1.38. The van der Waals surface area contributed by atoms with Crippen LogP contribution in [0.2, 0.25) is 0 Å². The Bertz CT molecular complexity index is 96.6. The molecule has 1 fully saturated rings. The second kappa shape index (κ2) is 2.78. The van der Waals surface area contributed by atoms with E-state index in [1.54, 1.807) is 30.4 Å². The Balaban J connectivity index is 2.35. The van der Waals surface area contributed by atoms with Gasteiger partial charge >= 0.3 is 0 Å². The molecule has 1 saturated heterocycles. The molecule has 0 N–H and O–H groups in total. The van der Waals surface area contributed by atoms with E-state index in [4.69, 9.17) is 0 Å². The van der Waals surface area contributed by atoms with Gasteiger partial charge in [-0.2, -0.15) is 0 Å². The first kappa shape index (κ1) is 6.49. The molecule has 0 saturated carbocycles. The lowest BCUT2D eigenvalue weighted by Gasteiger charge is -1.98. The maximum absolute atomic E-state index is 10.6. The zero-order valence-electron chi connectivity index (χ0n) is 4.72. The molecule has 1 nitrogen and oxygen atoms in total. The maximum atomic E-state index is 10.6. The summed E-state index contributed by atoms with van der Waals surface area (Å²) in [4.78, 5) is 10.6. The smallest absolute Gasteiger partial charge is 0.152 e. The number of hydrogen-bond acceptors (Lipinski definition) is 3. The van der Waals surface area contributed by atoms with E-state index in [1.165, 1.54) is 0 Å². The fourth-order valence-electron chi connectivity index (χ4n) is 0.593. The van der Waals surface area contributed by atoms with Crippen LogP contribution in [-0.2, 0) is 4.79 Å². The number of carbonyl (C=O) groups excluding carboxylic acids is 1. The third kappa shape index (κ3) is 1.42. The van der Waals surface area contributed by atoms with Crippen molar-refractivity contribution in [3.8, 4) is 0 Å². The molecule has 0 radical (unpaired) electrons. The fourth-order valence-corrected chi connectivity index (χ4v) is 3.22. The third-order valence-electron chi connectivity index (χ3n) is 0.954. The van der Waals surface area contributed by atoms with Crippen molar-refractivity contribution in [2.45, 2.75) is 11.5 Å². The SMILES string of the molecule is CC(=O)C1SCCS1. The first-order chi connectivity index (χ1) is 3.80. The highest BCUT2D eigenvalue weighted by molar-refractivity contribution is 8.21. The number of Topliss-reactive ketones (excluding diaryl/α,β-unsaturated/α-hetero) is 1. The average Bonchev–Trinajstić information content (AvgIpc) is 2.12. The number of carbonyl (C=O) groups is 1. The van der Waals surface area contributed by atoms with Crippen LogP contribution in [0.25, 0.3) is 0 Å². The Hall–Kier alpha value is 0.370. The van der Waals surface area contributed by atoms with Crippen molar-refractivity contribution in [1.82, 2.24) is 0 Å². The summed E-state index contributed by atoms with van der Waals surface area (Å²) in [6, 6.07) is 0. The molecule has 1 heterocycles. The van der Waals surface area contributed by atoms with Gasteiger partial charge in [-0.05, 0) is 6.92 Å². The van der Waals surface area contributed by atoms with Crippen LogP contribution < -0.4 is 0 Å². The molecule has 0 spiro atoms. The summed E-state index contributed by atoms with van der Waals surface area (Å²) in [6.07, 6.45) is 0. The first-order valence-electron chi connectivity index (χ1n) is 2.54. The molecule has 3 heteroatoms. The van der Waals surface area contributed by atoms with Crippen LogP contribution in [0.4, 0.5) is 0 Å². The number of hydrogen-bond donors (Lipinski definition) is 0. The van der Waals surface area contributed by atoms with Crippen LogP contribution in [0.15, 0.2) is 0 Å². The molecule has 0 aliphatic carbocycles. The van der Waals surface area contributed by atoms with Crippen LogP contribution >= 0.6 is 23.5 Å². The monoisotopic (exact) mass is 148 g/mol. The molecule has 1 aliphatic rings. The Kier molecular flexibility index (Phi) is 2.26. The van der Waals surface area contributed by atoms with Crippen molar-refractivity contribution >= 4 is 29.3 Å². The van der Waals surface area contributed by atoms with Crippen molar-refractivity contribution in [2.75, 3.05) is 11.5 Å². The minimum absolute atomic E-state index is 0.259. The van der Waals surface area contributed by atoms with Crippen molar-refractivity contribution in [3.63, 3.8) is 0 Å². The van der Waals surface area contributed by atoms with Gasteiger partial charge in [-0.3, -0.25) is 4.79 Å². The lowest BCUT2D eigenvalue weighted by Crippen LogP contribution is -2.03. The van der Waals surface area contributed by atoms with Crippen LogP contribution in [0.3, 0.4) is 0 Å². The van der Waals surface area contributed by atoms with E-state index in [1.807, 2.05) is 0 Å². The second-order valence-corrected chi connectivity index (χ2v) is 4.41. The zero-order valence-corrected chi connectivity index (χ0v) is 6.35. The minimum atomic E-state index is 0.259. The van der Waals surface area contributed by atoms with Gasteiger partial charge in [0.05, 0.1) is 0 Å². The number of ketones is 1. The molecule has 46 valence electrons. The highest BCUT2D eigenvalue weighted by Gasteiger charge is 2.19. The van der Waals surface area contributed by atoms with Gasteiger partial charge in [0.2, 0.25) is 0 Å². The van der Waals surface area contributed by atoms with Gasteiger partial charge < -0.3 is 0 Å².